The van der Waals surface area contributed by atoms with Crippen molar-refractivity contribution in [3.8, 4) is 17.0 Å². The highest BCUT2D eigenvalue weighted by molar-refractivity contribution is 7.21. The minimum atomic E-state index is -0.913. The highest BCUT2D eigenvalue weighted by Gasteiger charge is 2.30. The van der Waals surface area contributed by atoms with E-state index in [-0.39, 0.29) is 12.5 Å². The van der Waals surface area contributed by atoms with Crippen LogP contribution in [0.25, 0.3) is 21.5 Å². The summed E-state index contributed by atoms with van der Waals surface area (Å²) in [7, 11) is 3.73. The zero-order chi connectivity index (χ0) is 24.5. The van der Waals surface area contributed by atoms with Crippen molar-refractivity contribution < 1.29 is 19.4 Å². The molecule has 1 saturated heterocycles. The molecular formula is C27H33N3O4S. The Labute approximate surface area is 209 Å². The first kappa shape index (κ1) is 23.9. The number of ether oxygens (including phenoxy) is 1. The zero-order valence-electron chi connectivity index (χ0n) is 20.5. The first-order chi connectivity index (χ1) is 17.0. The van der Waals surface area contributed by atoms with Crippen LogP contribution < -0.4 is 4.74 Å². The number of carbonyl (C=O) groups excluding carboxylic acids is 1. The third-order valence-electron chi connectivity index (χ3n) is 7.51. The number of nitrogens with zero attached hydrogens (tertiary/aromatic N) is 3. The summed E-state index contributed by atoms with van der Waals surface area (Å²) in [6.07, 6.45) is 5.78. The summed E-state index contributed by atoms with van der Waals surface area (Å²) in [4.78, 5) is 29.9. The number of benzene rings is 1. The molecule has 0 unspecified atom stereocenters. The van der Waals surface area contributed by atoms with E-state index in [2.05, 4.69) is 28.6 Å². The van der Waals surface area contributed by atoms with Gasteiger partial charge in [0.2, 0.25) is 5.91 Å². The van der Waals surface area contributed by atoms with Crippen molar-refractivity contribution in [1.29, 1.82) is 0 Å². The molecule has 5 rings (SSSR count). The number of aromatic nitrogens is 1. The average Bonchev–Trinajstić information content (AvgIpc) is 3.43. The second kappa shape index (κ2) is 10.0. The number of carboxylic acid groups (broad SMARTS) is 1. The summed E-state index contributed by atoms with van der Waals surface area (Å²) in [6.45, 7) is 3.39. The number of rotatable bonds is 6. The summed E-state index contributed by atoms with van der Waals surface area (Å²) in [6, 6.07) is 9.78. The topological polar surface area (TPSA) is 75.0 Å². The van der Waals surface area contributed by atoms with E-state index in [9.17, 15) is 14.7 Å². The van der Waals surface area contributed by atoms with E-state index in [0.29, 0.717) is 10.8 Å². The summed E-state index contributed by atoms with van der Waals surface area (Å²) in [5, 5.41) is 9.76. The van der Waals surface area contributed by atoms with Crippen molar-refractivity contribution in [2.45, 2.75) is 44.6 Å². The molecule has 0 spiro atoms. The lowest BCUT2D eigenvalue weighted by Crippen LogP contribution is -2.48. The van der Waals surface area contributed by atoms with Gasteiger partial charge in [-0.05, 0) is 67.3 Å². The van der Waals surface area contributed by atoms with Gasteiger partial charge in [-0.2, -0.15) is 0 Å². The summed E-state index contributed by atoms with van der Waals surface area (Å²) in [5.74, 6) is 0.324. The minimum absolute atomic E-state index is 0.0861. The number of amides is 1. The molecular weight excluding hydrogens is 462 g/mol. The number of piperazine rings is 1. The second-order valence-corrected chi connectivity index (χ2v) is 10.8. The third-order valence-corrected chi connectivity index (χ3v) is 8.66. The number of aromatic carboxylic acids is 1. The number of likely N-dealkylation sites (N-methyl/N-ethyl adjacent to an activating group) is 1. The Morgan fingerprint density at radius 1 is 1.06 bits per heavy atom. The SMILES string of the molecule is COc1ccc(-c2c(C3CCCCC3)c3sc(C(=O)O)cc3n2CC(=O)N2CCN(C)CC2)cc1. The molecule has 7 nitrogen and oxygen atoms in total. The molecule has 1 aromatic carbocycles. The first-order valence-corrected chi connectivity index (χ1v) is 13.3. The predicted octanol–water partition coefficient (Wildman–Crippen LogP) is 4.90. The molecule has 1 amide bonds. The van der Waals surface area contributed by atoms with Gasteiger partial charge in [-0.3, -0.25) is 4.79 Å². The fraction of sp³-hybridized carbons (Fsp3) is 0.481. The number of hydrogen-bond donors (Lipinski definition) is 1. The fourth-order valence-corrected chi connectivity index (χ4v) is 6.66. The summed E-state index contributed by atoms with van der Waals surface area (Å²) in [5.41, 5.74) is 4.17. The number of fused-ring (bicyclic) bond motifs is 1. The van der Waals surface area contributed by atoms with Crippen LogP contribution >= 0.6 is 11.3 Å². The summed E-state index contributed by atoms with van der Waals surface area (Å²) < 4.78 is 8.49. The van der Waals surface area contributed by atoms with Crippen LogP contribution in [0.5, 0.6) is 5.75 Å². The maximum atomic E-state index is 13.5. The van der Waals surface area contributed by atoms with Crippen LogP contribution in [0.2, 0.25) is 0 Å². The monoisotopic (exact) mass is 495 g/mol. The predicted molar refractivity (Wildman–Crippen MR) is 139 cm³/mol. The second-order valence-electron chi connectivity index (χ2n) is 9.73. The highest BCUT2D eigenvalue weighted by atomic mass is 32.1. The van der Waals surface area contributed by atoms with E-state index >= 15 is 0 Å². The summed E-state index contributed by atoms with van der Waals surface area (Å²) >= 11 is 1.35. The van der Waals surface area contributed by atoms with Crippen LogP contribution in [0.15, 0.2) is 30.3 Å². The van der Waals surface area contributed by atoms with Crippen molar-refractivity contribution in [1.82, 2.24) is 14.4 Å². The van der Waals surface area contributed by atoms with E-state index in [4.69, 9.17) is 4.74 Å². The Kier molecular flexibility index (Phi) is 6.84. The van der Waals surface area contributed by atoms with Gasteiger partial charge in [0.05, 0.1) is 23.0 Å². The van der Waals surface area contributed by atoms with Crippen molar-refractivity contribution in [3.05, 3.63) is 40.8 Å². The Bertz CT molecular complexity index is 1220. The smallest absolute Gasteiger partial charge is 0.345 e. The van der Waals surface area contributed by atoms with E-state index in [1.54, 1.807) is 13.2 Å². The standard InChI is InChI=1S/C27H33N3O4S/c1-28-12-14-29(15-13-28)23(31)17-30-21-16-22(27(32)33)35-26(21)24(18-6-4-3-5-7-18)25(30)19-8-10-20(34-2)11-9-19/h8-11,16,18H,3-7,12-15,17H2,1-2H3,(H,32,33). The molecule has 3 heterocycles. The number of carbonyl (C=O) groups is 2. The van der Waals surface area contributed by atoms with Crippen molar-refractivity contribution in [2.75, 3.05) is 40.3 Å². The zero-order valence-corrected chi connectivity index (χ0v) is 21.3. The Balaban J connectivity index is 1.65. The Morgan fingerprint density at radius 3 is 2.37 bits per heavy atom. The minimum Gasteiger partial charge on any atom is -0.497 e. The van der Waals surface area contributed by atoms with Crippen molar-refractivity contribution in [3.63, 3.8) is 0 Å². The van der Waals surface area contributed by atoms with Crippen LogP contribution in [0.3, 0.4) is 0 Å². The van der Waals surface area contributed by atoms with Gasteiger partial charge < -0.3 is 24.2 Å². The lowest BCUT2D eigenvalue weighted by molar-refractivity contribution is -0.133. The molecule has 0 bridgehead atoms. The van der Waals surface area contributed by atoms with Crippen molar-refractivity contribution in [2.24, 2.45) is 0 Å². The molecule has 186 valence electrons. The quantitative estimate of drug-likeness (QED) is 0.527. The molecule has 1 aliphatic heterocycles. The Morgan fingerprint density at radius 2 is 1.74 bits per heavy atom. The van der Waals surface area contributed by atoms with Crippen LogP contribution in [-0.2, 0) is 11.3 Å². The molecule has 2 fully saturated rings. The lowest BCUT2D eigenvalue weighted by Gasteiger charge is -2.32. The average molecular weight is 496 g/mol. The van der Waals surface area contributed by atoms with Crippen LogP contribution in [0.4, 0.5) is 0 Å². The molecule has 0 atom stereocenters. The largest absolute Gasteiger partial charge is 0.497 e. The molecule has 0 radical (unpaired) electrons. The molecule has 35 heavy (non-hydrogen) atoms. The van der Waals surface area contributed by atoms with Gasteiger partial charge >= 0.3 is 5.97 Å². The molecule has 1 aliphatic carbocycles. The van der Waals surface area contributed by atoms with Gasteiger partial charge in [0.15, 0.2) is 0 Å². The van der Waals surface area contributed by atoms with Gasteiger partial charge in [-0.25, -0.2) is 4.79 Å². The van der Waals surface area contributed by atoms with E-state index in [1.165, 1.54) is 36.2 Å². The highest BCUT2D eigenvalue weighted by Crippen LogP contribution is 2.47. The maximum absolute atomic E-state index is 13.5. The van der Waals surface area contributed by atoms with E-state index in [0.717, 1.165) is 66.2 Å². The van der Waals surface area contributed by atoms with Crippen molar-refractivity contribution >= 4 is 33.4 Å². The van der Waals surface area contributed by atoms with E-state index in [1.807, 2.05) is 17.0 Å². The number of methoxy groups -OCH3 is 1. The fourth-order valence-electron chi connectivity index (χ4n) is 5.54. The molecule has 1 N–H and O–H groups in total. The lowest BCUT2D eigenvalue weighted by atomic mass is 9.83. The maximum Gasteiger partial charge on any atom is 0.345 e. The van der Waals surface area contributed by atoms with Crippen LogP contribution in [0.1, 0.15) is 53.3 Å². The van der Waals surface area contributed by atoms with Gasteiger partial charge in [0, 0.05) is 26.2 Å². The van der Waals surface area contributed by atoms with Gasteiger partial charge in [0.1, 0.15) is 17.2 Å². The first-order valence-electron chi connectivity index (χ1n) is 12.5. The van der Waals surface area contributed by atoms with Crippen LogP contribution in [0, 0.1) is 0 Å². The molecule has 8 heteroatoms. The Hall–Kier alpha value is -2.84. The number of thiophene rings is 1. The molecule has 2 aromatic heterocycles. The molecule has 3 aromatic rings. The van der Waals surface area contributed by atoms with E-state index < -0.39 is 5.97 Å². The van der Waals surface area contributed by atoms with Gasteiger partial charge in [-0.1, -0.05) is 19.3 Å². The number of carboxylic acids is 1. The van der Waals surface area contributed by atoms with Gasteiger partial charge in [-0.15, -0.1) is 11.3 Å². The molecule has 2 aliphatic rings. The normalized spacial score (nSPS) is 17.7. The van der Waals surface area contributed by atoms with Gasteiger partial charge in [0.25, 0.3) is 0 Å². The third kappa shape index (κ3) is 4.69. The number of hydrogen-bond acceptors (Lipinski definition) is 5. The van der Waals surface area contributed by atoms with Crippen LogP contribution in [-0.4, -0.2) is 71.7 Å². The molecule has 1 saturated carbocycles.